The highest BCUT2D eigenvalue weighted by molar-refractivity contribution is 6.00. The molecule has 1 aromatic rings. The summed E-state index contributed by atoms with van der Waals surface area (Å²) in [5.74, 6) is -2.18. The third-order valence-corrected chi connectivity index (χ3v) is 5.54. The fraction of sp³-hybridized carbons (Fsp3) is 0.583. The number of likely N-dealkylation sites (N-methyl/N-ethyl adjacent to an activating group) is 1. The first-order chi connectivity index (χ1) is 15.5. The molecule has 3 atom stereocenters. The fourth-order valence-corrected chi connectivity index (χ4v) is 3.84. The lowest BCUT2D eigenvalue weighted by Gasteiger charge is -2.33. The molecule has 0 saturated carbocycles. The molecule has 0 radical (unpaired) electrons. The average Bonchev–Trinajstić information content (AvgIpc) is 2.73. The molecule has 1 aromatic carbocycles. The maximum absolute atomic E-state index is 13.4. The van der Waals surface area contributed by atoms with Gasteiger partial charge in [-0.25, -0.2) is 4.79 Å². The zero-order valence-electron chi connectivity index (χ0n) is 20.0. The van der Waals surface area contributed by atoms with Gasteiger partial charge in [-0.15, -0.1) is 0 Å². The van der Waals surface area contributed by atoms with E-state index in [1.54, 1.807) is 30.1 Å². The lowest BCUT2D eigenvalue weighted by Crippen LogP contribution is -2.54. The first-order valence-corrected chi connectivity index (χ1v) is 11.3. The molecule has 0 unspecified atom stereocenters. The van der Waals surface area contributed by atoms with Crippen LogP contribution in [0.2, 0.25) is 0 Å². The molecule has 1 aliphatic heterocycles. The molecule has 0 bridgehead atoms. The second-order valence-electron chi connectivity index (χ2n) is 9.36. The molecule has 3 amide bonds. The maximum atomic E-state index is 13.4. The molecule has 0 aromatic heterocycles. The summed E-state index contributed by atoms with van der Waals surface area (Å²) in [4.78, 5) is 52.2. The first kappa shape index (κ1) is 26.2. The quantitative estimate of drug-likeness (QED) is 0.616. The number of nitrogens with zero attached hydrogens (tertiary/aromatic N) is 1. The van der Waals surface area contributed by atoms with Crippen molar-refractivity contribution in [3.8, 4) is 5.75 Å². The van der Waals surface area contributed by atoms with Crippen molar-refractivity contribution in [2.45, 2.75) is 65.1 Å². The summed E-state index contributed by atoms with van der Waals surface area (Å²) in [6.07, 6.45) is 0.572. The summed E-state index contributed by atoms with van der Waals surface area (Å²) >= 11 is 0. The van der Waals surface area contributed by atoms with Crippen LogP contribution in [-0.2, 0) is 14.4 Å². The maximum Gasteiger partial charge on any atom is 0.326 e. The Kier molecular flexibility index (Phi) is 9.25. The van der Waals surface area contributed by atoms with E-state index in [0.29, 0.717) is 12.8 Å². The summed E-state index contributed by atoms with van der Waals surface area (Å²) < 4.78 is 5.98. The van der Waals surface area contributed by atoms with Gasteiger partial charge in [0.05, 0.1) is 18.0 Å². The van der Waals surface area contributed by atoms with Gasteiger partial charge in [0.25, 0.3) is 5.91 Å². The number of aliphatic carboxylic acids is 1. The number of carboxylic acid groups (broad SMARTS) is 1. The van der Waals surface area contributed by atoms with Crippen LogP contribution in [0.25, 0.3) is 0 Å². The zero-order chi connectivity index (χ0) is 24.7. The van der Waals surface area contributed by atoms with Gasteiger partial charge in [-0.05, 0) is 36.8 Å². The van der Waals surface area contributed by atoms with Crippen LogP contribution in [0.3, 0.4) is 0 Å². The van der Waals surface area contributed by atoms with Crippen LogP contribution in [-0.4, -0.2) is 65.5 Å². The van der Waals surface area contributed by atoms with E-state index in [1.165, 1.54) is 6.07 Å². The zero-order valence-corrected chi connectivity index (χ0v) is 20.0. The van der Waals surface area contributed by atoms with E-state index in [1.807, 2.05) is 27.7 Å². The number of hydrogen-bond acceptors (Lipinski definition) is 5. The van der Waals surface area contributed by atoms with Gasteiger partial charge in [0.2, 0.25) is 11.8 Å². The van der Waals surface area contributed by atoms with Gasteiger partial charge in [-0.1, -0.05) is 39.8 Å². The molecule has 0 saturated heterocycles. The lowest BCUT2D eigenvalue weighted by atomic mass is 9.99. The predicted molar refractivity (Wildman–Crippen MR) is 123 cm³/mol. The van der Waals surface area contributed by atoms with Crippen molar-refractivity contribution in [1.82, 2.24) is 15.5 Å². The summed E-state index contributed by atoms with van der Waals surface area (Å²) in [7, 11) is 1.68. The fourth-order valence-electron chi connectivity index (χ4n) is 3.84. The van der Waals surface area contributed by atoms with Crippen LogP contribution in [0.5, 0.6) is 5.75 Å². The SMILES string of the molecule is CC(C)C[C@H]1COc2ccccc2C(=O)N[C@H](C(=O)O)CC(=O)N[C@H](CC(C)C)C(=O)N1C. The van der Waals surface area contributed by atoms with Crippen molar-refractivity contribution < 1.29 is 29.0 Å². The average molecular weight is 462 g/mol. The summed E-state index contributed by atoms with van der Waals surface area (Å²) in [6, 6.07) is 3.97. The van der Waals surface area contributed by atoms with Gasteiger partial charge >= 0.3 is 5.97 Å². The van der Waals surface area contributed by atoms with Gasteiger partial charge in [-0.3, -0.25) is 14.4 Å². The minimum atomic E-state index is -1.45. The van der Waals surface area contributed by atoms with Gasteiger partial charge in [-0.2, -0.15) is 0 Å². The molecule has 1 aliphatic rings. The van der Waals surface area contributed by atoms with E-state index >= 15 is 0 Å². The van der Waals surface area contributed by atoms with E-state index < -0.39 is 36.3 Å². The smallest absolute Gasteiger partial charge is 0.326 e. The topological polar surface area (TPSA) is 125 Å². The monoisotopic (exact) mass is 461 g/mol. The molecule has 0 aliphatic carbocycles. The molecule has 9 heteroatoms. The third-order valence-electron chi connectivity index (χ3n) is 5.54. The Morgan fingerprint density at radius 1 is 1.09 bits per heavy atom. The second kappa shape index (κ2) is 11.7. The highest BCUT2D eigenvalue weighted by Crippen LogP contribution is 2.21. The summed E-state index contributed by atoms with van der Waals surface area (Å²) in [5.41, 5.74) is 0.163. The molecule has 3 N–H and O–H groups in total. The minimum Gasteiger partial charge on any atom is -0.491 e. The van der Waals surface area contributed by atoms with Gasteiger partial charge in [0, 0.05) is 7.05 Å². The number of fused-ring (bicyclic) bond motifs is 1. The summed E-state index contributed by atoms with van der Waals surface area (Å²) in [6.45, 7) is 8.12. The highest BCUT2D eigenvalue weighted by atomic mass is 16.5. The molecular formula is C24H35N3O6. The van der Waals surface area contributed by atoms with E-state index in [9.17, 15) is 24.3 Å². The largest absolute Gasteiger partial charge is 0.491 e. The number of nitrogens with one attached hydrogen (secondary N) is 2. The summed E-state index contributed by atoms with van der Waals surface area (Å²) in [5, 5.41) is 14.6. The Morgan fingerprint density at radius 2 is 1.73 bits per heavy atom. The van der Waals surface area contributed by atoms with Crippen molar-refractivity contribution in [3.63, 3.8) is 0 Å². The van der Waals surface area contributed by atoms with Crippen LogP contribution < -0.4 is 15.4 Å². The first-order valence-electron chi connectivity index (χ1n) is 11.3. The number of para-hydroxylation sites is 1. The molecule has 182 valence electrons. The van der Waals surface area contributed by atoms with Crippen molar-refractivity contribution in [2.75, 3.05) is 13.7 Å². The van der Waals surface area contributed by atoms with Gasteiger partial charge in [0.15, 0.2) is 0 Å². The standard InChI is InChI=1S/C24H35N3O6/c1-14(2)10-16-13-33-20-9-7-6-8-17(20)22(29)26-19(24(31)32)12-21(28)25-18(11-15(3)4)23(30)27(16)5/h6-9,14-16,18-19H,10-13H2,1-5H3,(H,25,28)(H,26,29)(H,31,32)/t16-,18+,19-/m0/s1. The predicted octanol–water partition coefficient (Wildman–Crippen LogP) is 2.06. The van der Waals surface area contributed by atoms with Crippen LogP contribution in [0, 0.1) is 11.8 Å². The molecule has 33 heavy (non-hydrogen) atoms. The number of amides is 3. The number of rotatable bonds is 5. The number of carboxylic acids is 1. The Labute approximate surface area is 194 Å². The number of carbonyl (C=O) groups is 4. The number of ether oxygens (including phenoxy) is 1. The van der Waals surface area contributed by atoms with Crippen molar-refractivity contribution >= 4 is 23.7 Å². The molecule has 0 fully saturated rings. The molecule has 0 spiro atoms. The van der Waals surface area contributed by atoms with Crippen LogP contribution in [0.15, 0.2) is 24.3 Å². The molecule has 9 nitrogen and oxygen atoms in total. The number of benzene rings is 1. The van der Waals surface area contributed by atoms with Crippen molar-refractivity contribution in [2.24, 2.45) is 11.8 Å². The van der Waals surface area contributed by atoms with E-state index in [-0.39, 0.29) is 41.7 Å². The third kappa shape index (κ3) is 7.47. The van der Waals surface area contributed by atoms with Gasteiger partial charge < -0.3 is 25.4 Å². The number of carbonyl (C=O) groups excluding carboxylic acids is 3. The van der Waals surface area contributed by atoms with Crippen molar-refractivity contribution in [3.05, 3.63) is 29.8 Å². The Bertz CT molecular complexity index is 870. The van der Waals surface area contributed by atoms with E-state index in [0.717, 1.165) is 0 Å². The highest BCUT2D eigenvalue weighted by Gasteiger charge is 2.32. The van der Waals surface area contributed by atoms with Crippen LogP contribution in [0.4, 0.5) is 0 Å². The normalized spacial score (nSPS) is 22.8. The Hall–Kier alpha value is -3.10. The molecule has 2 rings (SSSR count). The van der Waals surface area contributed by atoms with Crippen molar-refractivity contribution in [1.29, 1.82) is 0 Å². The van der Waals surface area contributed by atoms with Crippen LogP contribution in [0.1, 0.15) is 57.3 Å². The van der Waals surface area contributed by atoms with E-state index in [4.69, 9.17) is 4.74 Å². The van der Waals surface area contributed by atoms with Crippen LogP contribution >= 0.6 is 0 Å². The van der Waals surface area contributed by atoms with Gasteiger partial charge in [0.1, 0.15) is 24.4 Å². The molecular weight excluding hydrogens is 426 g/mol. The lowest BCUT2D eigenvalue weighted by molar-refractivity contribution is -0.142. The molecule has 1 heterocycles. The minimum absolute atomic E-state index is 0.119. The van der Waals surface area contributed by atoms with E-state index in [2.05, 4.69) is 10.6 Å². The Morgan fingerprint density at radius 3 is 2.33 bits per heavy atom. The number of hydrogen-bond donors (Lipinski definition) is 3. The Balaban J connectivity index is 2.47. The second-order valence-corrected chi connectivity index (χ2v) is 9.36.